The van der Waals surface area contributed by atoms with Gasteiger partial charge in [-0.25, -0.2) is 4.98 Å². The Bertz CT molecular complexity index is 554. The average molecular weight is 329 g/mol. The fourth-order valence-electron chi connectivity index (χ4n) is 1.49. The number of carbonyl (C=O) groups excluding carboxylic acids is 1. The lowest BCUT2D eigenvalue weighted by molar-refractivity contribution is -0.139. The maximum Gasteiger partial charge on any atom is 0.313 e. The maximum atomic E-state index is 11.1. The molecule has 1 unspecified atom stereocenters. The molecule has 8 heteroatoms. The fraction of sp³-hybridized carbons (Fsp3) is 0.308. The molecule has 21 heavy (non-hydrogen) atoms. The van der Waals surface area contributed by atoms with E-state index < -0.39 is 17.0 Å². The SMILES string of the molecule is CN.CN.O=C(S)CC(C(=O)O)c1nc2ccccc2s1. The van der Waals surface area contributed by atoms with Crippen molar-refractivity contribution in [1.82, 2.24) is 4.98 Å². The molecule has 116 valence electrons. The van der Waals surface area contributed by atoms with Gasteiger partial charge in [0.25, 0.3) is 0 Å². The molecule has 1 aromatic carbocycles. The topological polar surface area (TPSA) is 119 Å². The summed E-state index contributed by atoms with van der Waals surface area (Å²) in [4.78, 5) is 26.3. The summed E-state index contributed by atoms with van der Waals surface area (Å²) in [5.74, 6) is -1.95. The second kappa shape index (κ2) is 10.3. The average Bonchev–Trinajstić information content (AvgIpc) is 2.92. The number of para-hydroxylation sites is 1. The molecule has 0 spiro atoms. The molecule has 6 nitrogen and oxygen atoms in total. The van der Waals surface area contributed by atoms with Crippen molar-refractivity contribution in [1.29, 1.82) is 0 Å². The van der Waals surface area contributed by atoms with E-state index in [4.69, 9.17) is 5.11 Å². The minimum absolute atomic E-state index is 0.141. The first-order valence-electron chi connectivity index (χ1n) is 6.03. The molecule has 0 saturated heterocycles. The molecule has 0 fully saturated rings. The highest BCUT2D eigenvalue weighted by Gasteiger charge is 2.25. The molecule has 2 aromatic rings. The van der Waals surface area contributed by atoms with Crippen LogP contribution in [0.2, 0.25) is 0 Å². The Morgan fingerprint density at radius 1 is 1.29 bits per heavy atom. The van der Waals surface area contributed by atoms with Gasteiger partial charge < -0.3 is 16.6 Å². The normalized spacial score (nSPS) is 10.7. The van der Waals surface area contributed by atoms with E-state index in [1.165, 1.54) is 25.4 Å². The van der Waals surface area contributed by atoms with Crippen LogP contribution in [0.5, 0.6) is 0 Å². The summed E-state index contributed by atoms with van der Waals surface area (Å²) < 4.78 is 0.917. The van der Waals surface area contributed by atoms with E-state index in [-0.39, 0.29) is 6.42 Å². The summed E-state index contributed by atoms with van der Waals surface area (Å²) in [5, 5.41) is 9.08. The Labute approximate surface area is 132 Å². The molecule has 0 aliphatic carbocycles. The number of aromatic nitrogens is 1. The molecule has 0 aliphatic heterocycles. The number of nitrogens with two attached hydrogens (primary N) is 2. The molecule has 0 amide bonds. The van der Waals surface area contributed by atoms with Crippen molar-refractivity contribution in [2.75, 3.05) is 14.1 Å². The number of carbonyl (C=O) groups is 2. The third-order valence-corrected chi connectivity index (χ3v) is 3.62. The summed E-state index contributed by atoms with van der Waals surface area (Å²) in [5.41, 5.74) is 9.75. The van der Waals surface area contributed by atoms with E-state index in [0.717, 1.165) is 10.2 Å². The lowest BCUT2D eigenvalue weighted by atomic mass is 10.1. The third kappa shape index (κ3) is 5.80. The molecule has 1 atom stereocenters. The molecule has 1 heterocycles. The zero-order valence-corrected chi connectivity index (χ0v) is 13.5. The van der Waals surface area contributed by atoms with Crippen molar-refractivity contribution in [3.05, 3.63) is 29.3 Å². The van der Waals surface area contributed by atoms with E-state index in [9.17, 15) is 9.59 Å². The van der Waals surface area contributed by atoms with Crippen LogP contribution in [0.4, 0.5) is 0 Å². The van der Waals surface area contributed by atoms with Crippen LogP contribution in [0.3, 0.4) is 0 Å². The summed E-state index contributed by atoms with van der Waals surface area (Å²) in [6, 6.07) is 7.39. The van der Waals surface area contributed by atoms with E-state index in [2.05, 4.69) is 29.1 Å². The van der Waals surface area contributed by atoms with Crippen molar-refractivity contribution >= 4 is 45.3 Å². The number of aliphatic carboxylic acids is 1. The Hall–Kier alpha value is -1.48. The van der Waals surface area contributed by atoms with Crippen molar-refractivity contribution in [2.45, 2.75) is 12.3 Å². The molecular formula is C13H19N3O3S2. The first kappa shape index (κ1) is 19.5. The fourth-order valence-corrected chi connectivity index (χ4v) is 2.74. The van der Waals surface area contributed by atoms with Gasteiger partial charge in [0.2, 0.25) is 0 Å². The van der Waals surface area contributed by atoms with E-state index >= 15 is 0 Å². The van der Waals surface area contributed by atoms with E-state index in [1.54, 1.807) is 0 Å². The lowest BCUT2D eigenvalue weighted by Crippen LogP contribution is -2.13. The van der Waals surface area contributed by atoms with Crippen LogP contribution in [-0.4, -0.2) is 35.3 Å². The van der Waals surface area contributed by atoms with Gasteiger partial charge in [-0.05, 0) is 26.2 Å². The number of nitrogens with zero attached hydrogens (tertiary/aromatic N) is 1. The summed E-state index contributed by atoms with van der Waals surface area (Å²) >= 11 is 4.92. The lowest BCUT2D eigenvalue weighted by Gasteiger charge is -2.05. The second-order valence-corrected chi connectivity index (χ2v) is 5.07. The van der Waals surface area contributed by atoms with E-state index in [0.29, 0.717) is 5.01 Å². The molecule has 0 saturated carbocycles. The molecular weight excluding hydrogens is 310 g/mol. The van der Waals surface area contributed by atoms with Gasteiger partial charge in [0.1, 0.15) is 10.9 Å². The predicted molar refractivity (Wildman–Crippen MR) is 88.8 cm³/mol. The number of rotatable bonds is 4. The van der Waals surface area contributed by atoms with Gasteiger partial charge in [0.05, 0.1) is 10.2 Å². The number of fused-ring (bicyclic) bond motifs is 1. The van der Waals surface area contributed by atoms with Crippen molar-refractivity contribution in [2.24, 2.45) is 11.5 Å². The number of hydrogen-bond donors (Lipinski definition) is 4. The number of carboxylic acids is 1. The number of thiazole rings is 1. The Morgan fingerprint density at radius 2 is 1.86 bits per heavy atom. The second-order valence-electron chi connectivity index (χ2n) is 3.51. The highest BCUT2D eigenvalue weighted by atomic mass is 32.1. The Morgan fingerprint density at radius 3 is 2.33 bits per heavy atom. The summed E-state index contributed by atoms with van der Waals surface area (Å²) in [6.07, 6.45) is -0.141. The zero-order valence-electron chi connectivity index (χ0n) is 11.8. The number of thiol groups is 1. The number of benzene rings is 1. The van der Waals surface area contributed by atoms with Gasteiger partial charge >= 0.3 is 5.97 Å². The minimum atomic E-state index is -1.05. The molecule has 1 aromatic heterocycles. The van der Waals surface area contributed by atoms with E-state index in [1.807, 2.05) is 24.3 Å². The smallest absolute Gasteiger partial charge is 0.313 e. The van der Waals surface area contributed by atoms with Gasteiger partial charge in [-0.15, -0.1) is 24.0 Å². The highest BCUT2D eigenvalue weighted by molar-refractivity contribution is 7.96. The quantitative estimate of drug-likeness (QED) is 0.631. The minimum Gasteiger partial charge on any atom is -0.481 e. The van der Waals surface area contributed by atoms with Crippen LogP contribution in [0.15, 0.2) is 24.3 Å². The number of carboxylic acid groups (broad SMARTS) is 1. The van der Waals surface area contributed by atoms with Crippen LogP contribution < -0.4 is 11.5 Å². The van der Waals surface area contributed by atoms with Gasteiger partial charge in [0, 0.05) is 6.42 Å². The third-order valence-electron chi connectivity index (χ3n) is 2.29. The predicted octanol–water partition coefficient (Wildman–Crippen LogP) is 1.46. The monoisotopic (exact) mass is 329 g/mol. The first-order valence-corrected chi connectivity index (χ1v) is 7.30. The Kier molecular flexibility index (Phi) is 9.55. The zero-order chi connectivity index (χ0) is 16.4. The highest BCUT2D eigenvalue weighted by Crippen LogP contribution is 2.29. The van der Waals surface area contributed by atoms with Crippen LogP contribution in [0, 0.1) is 0 Å². The standard InChI is InChI=1S/C11H9NO3S2.2CH5N/c13-9(16)5-6(11(14)15)10-12-7-3-1-2-4-8(7)17-10;2*1-2/h1-4,6H,5H2,(H,13,16)(H,14,15);2*2H2,1H3. The first-order chi connectivity index (χ1) is 10.1. The van der Waals surface area contributed by atoms with Crippen LogP contribution >= 0.6 is 24.0 Å². The van der Waals surface area contributed by atoms with Crippen LogP contribution in [0.25, 0.3) is 10.2 Å². The molecule has 0 radical (unpaired) electrons. The summed E-state index contributed by atoms with van der Waals surface area (Å²) in [7, 11) is 3.00. The Balaban J connectivity index is 0.000000921. The number of hydrogen-bond acceptors (Lipinski definition) is 6. The summed E-state index contributed by atoms with van der Waals surface area (Å²) in [6.45, 7) is 0. The van der Waals surface area contributed by atoms with Gasteiger partial charge in [0.15, 0.2) is 5.12 Å². The van der Waals surface area contributed by atoms with Gasteiger partial charge in [-0.1, -0.05) is 12.1 Å². The van der Waals surface area contributed by atoms with Crippen molar-refractivity contribution < 1.29 is 14.7 Å². The molecule has 2 rings (SSSR count). The van der Waals surface area contributed by atoms with Crippen LogP contribution in [-0.2, 0) is 9.59 Å². The molecule has 0 aliphatic rings. The van der Waals surface area contributed by atoms with Crippen LogP contribution in [0.1, 0.15) is 17.3 Å². The largest absolute Gasteiger partial charge is 0.481 e. The van der Waals surface area contributed by atoms with Gasteiger partial charge in [-0.3, -0.25) is 9.59 Å². The maximum absolute atomic E-state index is 11.1. The van der Waals surface area contributed by atoms with Crippen molar-refractivity contribution in [3.8, 4) is 0 Å². The molecule has 0 bridgehead atoms. The molecule has 5 N–H and O–H groups in total. The van der Waals surface area contributed by atoms with Gasteiger partial charge in [-0.2, -0.15) is 0 Å². The van der Waals surface area contributed by atoms with Crippen molar-refractivity contribution in [3.63, 3.8) is 0 Å².